The van der Waals surface area contributed by atoms with Crippen LogP contribution in [0.4, 0.5) is 5.69 Å². The van der Waals surface area contributed by atoms with Crippen LogP contribution in [0, 0.1) is 10.9 Å². The minimum atomic E-state index is -0.144. The summed E-state index contributed by atoms with van der Waals surface area (Å²) in [7, 11) is 0. The Morgan fingerprint density at radius 1 is 1.15 bits per heavy atom. The molecule has 0 aliphatic carbocycles. The Labute approximate surface area is 166 Å². The second-order valence-corrected chi connectivity index (χ2v) is 7.75. The quantitative estimate of drug-likeness (QED) is 0.649. The lowest BCUT2D eigenvalue weighted by Gasteiger charge is -2.19. The molecule has 0 radical (unpaired) electrons. The molecule has 1 aliphatic rings. The SMILES string of the molecule is Cc1ccc(-c2csc(=S)n2CC(=O)Nc2ccc3c(c2)OCCO3)cc1. The van der Waals surface area contributed by atoms with Gasteiger partial charge in [-0.05, 0) is 36.8 Å². The van der Waals surface area contributed by atoms with Crippen molar-refractivity contribution < 1.29 is 14.3 Å². The Hall–Kier alpha value is -2.64. The predicted molar refractivity (Wildman–Crippen MR) is 109 cm³/mol. The fourth-order valence-corrected chi connectivity index (χ4v) is 3.97. The first-order chi connectivity index (χ1) is 13.1. The van der Waals surface area contributed by atoms with Gasteiger partial charge in [-0.15, -0.1) is 11.3 Å². The maximum atomic E-state index is 12.6. The fourth-order valence-electron chi connectivity index (χ4n) is 2.89. The van der Waals surface area contributed by atoms with Crippen LogP contribution in [0.2, 0.25) is 0 Å². The number of aromatic nitrogens is 1. The number of anilines is 1. The van der Waals surface area contributed by atoms with E-state index in [1.165, 1.54) is 16.9 Å². The van der Waals surface area contributed by atoms with Crippen molar-refractivity contribution in [2.75, 3.05) is 18.5 Å². The lowest BCUT2D eigenvalue weighted by atomic mass is 10.1. The van der Waals surface area contributed by atoms with Gasteiger partial charge in [-0.3, -0.25) is 4.79 Å². The van der Waals surface area contributed by atoms with Gasteiger partial charge in [0.1, 0.15) is 19.8 Å². The van der Waals surface area contributed by atoms with Gasteiger partial charge >= 0.3 is 0 Å². The number of ether oxygens (including phenoxy) is 2. The van der Waals surface area contributed by atoms with Crippen LogP contribution in [-0.4, -0.2) is 23.7 Å². The maximum Gasteiger partial charge on any atom is 0.244 e. The highest BCUT2D eigenvalue weighted by atomic mass is 32.1. The fraction of sp³-hybridized carbons (Fsp3) is 0.200. The molecule has 1 amide bonds. The summed E-state index contributed by atoms with van der Waals surface area (Å²) in [5.74, 6) is 1.20. The number of nitrogens with zero attached hydrogens (tertiary/aromatic N) is 1. The summed E-state index contributed by atoms with van der Waals surface area (Å²) in [5, 5.41) is 4.90. The van der Waals surface area contributed by atoms with Crippen LogP contribution in [0.1, 0.15) is 5.56 Å². The lowest BCUT2D eigenvalue weighted by molar-refractivity contribution is -0.116. The molecular formula is C20H18N2O3S2. The van der Waals surface area contributed by atoms with E-state index < -0.39 is 0 Å². The molecule has 0 fully saturated rings. The van der Waals surface area contributed by atoms with E-state index in [0.29, 0.717) is 34.4 Å². The predicted octanol–water partition coefficient (Wildman–Crippen LogP) is 4.66. The average molecular weight is 399 g/mol. The number of hydrogen-bond donors (Lipinski definition) is 1. The van der Waals surface area contributed by atoms with E-state index in [2.05, 4.69) is 17.4 Å². The molecule has 2 heterocycles. The zero-order valence-corrected chi connectivity index (χ0v) is 16.4. The molecule has 3 aromatic rings. The molecule has 27 heavy (non-hydrogen) atoms. The molecule has 1 aliphatic heterocycles. The maximum absolute atomic E-state index is 12.6. The van der Waals surface area contributed by atoms with Crippen LogP contribution in [0.5, 0.6) is 11.5 Å². The molecule has 4 rings (SSSR count). The van der Waals surface area contributed by atoms with E-state index in [-0.39, 0.29) is 12.5 Å². The monoisotopic (exact) mass is 398 g/mol. The number of amides is 1. The normalized spacial score (nSPS) is 12.6. The van der Waals surface area contributed by atoms with Gasteiger partial charge in [0.15, 0.2) is 15.5 Å². The third-order valence-corrected chi connectivity index (χ3v) is 5.53. The molecule has 0 saturated carbocycles. The van der Waals surface area contributed by atoms with Gasteiger partial charge in [-0.1, -0.05) is 29.8 Å². The molecule has 0 saturated heterocycles. The minimum Gasteiger partial charge on any atom is -0.486 e. The molecule has 1 N–H and O–H groups in total. The summed E-state index contributed by atoms with van der Waals surface area (Å²) >= 11 is 6.88. The molecule has 2 aromatic carbocycles. The van der Waals surface area contributed by atoms with Gasteiger partial charge in [0, 0.05) is 17.1 Å². The average Bonchev–Trinajstić information content (AvgIpc) is 3.03. The second kappa shape index (κ2) is 7.54. The Bertz CT molecular complexity index is 1040. The van der Waals surface area contributed by atoms with Crippen molar-refractivity contribution in [1.29, 1.82) is 0 Å². The molecule has 0 unspecified atom stereocenters. The molecule has 5 nitrogen and oxygen atoms in total. The Morgan fingerprint density at radius 2 is 1.89 bits per heavy atom. The van der Waals surface area contributed by atoms with Crippen LogP contribution < -0.4 is 14.8 Å². The van der Waals surface area contributed by atoms with Crippen molar-refractivity contribution >= 4 is 35.1 Å². The number of fused-ring (bicyclic) bond motifs is 1. The zero-order chi connectivity index (χ0) is 18.8. The molecule has 7 heteroatoms. The Morgan fingerprint density at radius 3 is 2.67 bits per heavy atom. The number of aryl methyl sites for hydroxylation is 1. The van der Waals surface area contributed by atoms with Gasteiger partial charge in [-0.2, -0.15) is 0 Å². The van der Waals surface area contributed by atoms with E-state index in [4.69, 9.17) is 21.7 Å². The van der Waals surface area contributed by atoms with Crippen molar-refractivity contribution in [2.24, 2.45) is 0 Å². The number of carbonyl (C=O) groups excluding carboxylic acids is 1. The van der Waals surface area contributed by atoms with Crippen molar-refractivity contribution in [3.63, 3.8) is 0 Å². The molecule has 0 spiro atoms. The first-order valence-corrected chi connectivity index (χ1v) is 9.84. The standard InChI is InChI=1S/C20H18N2O3S2/c1-13-2-4-14(5-3-13)16-12-27-20(26)22(16)11-19(23)21-15-6-7-17-18(10-15)25-9-8-24-17/h2-7,10,12H,8-9,11H2,1H3,(H,21,23). The van der Waals surface area contributed by atoms with Crippen molar-refractivity contribution in [3.05, 3.63) is 57.4 Å². The third kappa shape index (κ3) is 3.89. The van der Waals surface area contributed by atoms with Crippen LogP contribution in [0.3, 0.4) is 0 Å². The van der Waals surface area contributed by atoms with Gasteiger partial charge in [0.05, 0.1) is 5.69 Å². The zero-order valence-electron chi connectivity index (χ0n) is 14.7. The summed E-state index contributed by atoms with van der Waals surface area (Å²) in [6, 6.07) is 13.6. The number of thiazole rings is 1. The molecule has 0 bridgehead atoms. The van der Waals surface area contributed by atoms with E-state index in [1.54, 1.807) is 18.2 Å². The molecule has 1 aromatic heterocycles. The first-order valence-electron chi connectivity index (χ1n) is 8.55. The van der Waals surface area contributed by atoms with E-state index in [1.807, 2.05) is 29.0 Å². The smallest absolute Gasteiger partial charge is 0.244 e. The van der Waals surface area contributed by atoms with E-state index in [0.717, 1.165) is 11.3 Å². The summed E-state index contributed by atoms with van der Waals surface area (Å²) < 4.78 is 13.6. The first kappa shape index (κ1) is 17.8. The minimum absolute atomic E-state index is 0.144. The number of carbonyl (C=O) groups is 1. The Balaban J connectivity index is 1.53. The van der Waals surface area contributed by atoms with E-state index in [9.17, 15) is 4.79 Å². The van der Waals surface area contributed by atoms with Gasteiger partial charge in [0.2, 0.25) is 5.91 Å². The van der Waals surface area contributed by atoms with Crippen molar-refractivity contribution in [2.45, 2.75) is 13.5 Å². The summed E-state index contributed by atoms with van der Waals surface area (Å²) in [4.78, 5) is 12.6. The van der Waals surface area contributed by atoms with Crippen LogP contribution in [-0.2, 0) is 11.3 Å². The number of rotatable bonds is 4. The van der Waals surface area contributed by atoms with Gasteiger partial charge in [0.25, 0.3) is 0 Å². The summed E-state index contributed by atoms with van der Waals surface area (Å²) in [6.07, 6.45) is 0. The Kier molecular flexibility index (Phi) is 4.96. The largest absolute Gasteiger partial charge is 0.486 e. The highest BCUT2D eigenvalue weighted by Gasteiger charge is 2.14. The molecule has 138 valence electrons. The van der Waals surface area contributed by atoms with Crippen LogP contribution in [0.15, 0.2) is 47.8 Å². The molecule has 0 atom stereocenters. The van der Waals surface area contributed by atoms with Gasteiger partial charge < -0.3 is 19.4 Å². The summed E-state index contributed by atoms with van der Waals surface area (Å²) in [5.41, 5.74) is 3.85. The van der Waals surface area contributed by atoms with E-state index >= 15 is 0 Å². The lowest BCUT2D eigenvalue weighted by Crippen LogP contribution is -2.20. The second-order valence-electron chi connectivity index (χ2n) is 6.25. The summed E-state index contributed by atoms with van der Waals surface area (Å²) in [6.45, 7) is 3.25. The highest BCUT2D eigenvalue weighted by molar-refractivity contribution is 7.73. The van der Waals surface area contributed by atoms with Crippen LogP contribution >= 0.6 is 23.6 Å². The number of benzene rings is 2. The van der Waals surface area contributed by atoms with Crippen molar-refractivity contribution in [1.82, 2.24) is 4.57 Å². The third-order valence-electron chi connectivity index (χ3n) is 4.26. The topological polar surface area (TPSA) is 52.5 Å². The number of hydrogen-bond acceptors (Lipinski definition) is 5. The number of nitrogens with one attached hydrogen (secondary N) is 1. The molecular weight excluding hydrogens is 380 g/mol. The highest BCUT2D eigenvalue weighted by Crippen LogP contribution is 2.32. The van der Waals surface area contributed by atoms with Crippen LogP contribution in [0.25, 0.3) is 11.3 Å². The van der Waals surface area contributed by atoms with Crippen molar-refractivity contribution in [3.8, 4) is 22.8 Å². The van der Waals surface area contributed by atoms with Gasteiger partial charge in [-0.25, -0.2) is 0 Å².